The smallest absolute Gasteiger partial charge is 0.130 e. The number of rotatable bonds is 4. The molecular weight excluding hydrogens is 148 g/mol. The van der Waals surface area contributed by atoms with Gasteiger partial charge in [-0.2, -0.15) is 0 Å². The Hall–Kier alpha value is -1.11. The molecule has 0 radical (unpaired) electrons. The normalized spacial score (nSPS) is 20.8. The molecule has 1 rings (SSSR count). The lowest BCUT2D eigenvalue weighted by molar-refractivity contribution is -0.117. The molecule has 1 saturated carbocycles. The van der Waals surface area contributed by atoms with Crippen LogP contribution in [-0.4, -0.2) is 6.29 Å². The minimum atomic E-state index is -0.226. The molecule has 0 bridgehead atoms. The van der Waals surface area contributed by atoms with Crippen LogP contribution in [0.25, 0.3) is 0 Å². The van der Waals surface area contributed by atoms with Crippen LogP contribution in [-0.2, 0) is 4.79 Å². The van der Waals surface area contributed by atoms with Crippen molar-refractivity contribution in [2.24, 2.45) is 5.41 Å². The predicted octanol–water partition coefficient (Wildman–Crippen LogP) is 2.65. The highest BCUT2D eigenvalue weighted by Crippen LogP contribution is 2.45. The van der Waals surface area contributed by atoms with Gasteiger partial charge in [-0.15, -0.1) is 0 Å². The first kappa shape index (κ1) is 8.98. The van der Waals surface area contributed by atoms with E-state index in [9.17, 15) is 4.79 Å². The fourth-order valence-electron chi connectivity index (χ4n) is 1.60. The zero-order valence-electron chi connectivity index (χ0n) is 7.25. The van der Waals surface area contributed by atoms with E-state index >= 15 is 0 Å². The molecule has 0 atom stereocenters. The first-order chi connectivity index (χ1) is 5.79. The zero-order chi connectivity index (χ0) is 9.03. The molecule has 1 heteroatoms. The molecule has 0 unspecified atom stereocenters. The van der Waals surface area contributed by atoms with Crippen LogP contribution in [0.1, 0.15) is 19.3 Å². The summed E-state index contributed by atoms with van der Waals surface area (Å²) in [5, 5.41) is 0. The van der Waals surface area contributed by atoms with Crippen molar-refractivity contribution in [1.82, 2.24) is 0 Å². The highest BCUT2D eigenvalue weighted by Gasteiger charge is 2.38. The van der Waals surface area contributed by atoms with Gasteiger partial charge in [0.1, 0.15) is 6.29 Å². The van der Waals surface area contributed by atoms with E-state index in [1.165, 1.54) is 0 Å². The largest absolute Gasteiger partial charge is 0.302 e. The number of hydrogen-bond donors (Lipinski definition) is 0. The van der Waals surface area contributed by atoms with E-state index in [1.54, 1.807) is 12.2 Å². The Kier molecular flexibility index (Phi) is 2.64. The summed E-state index contributed by atoms with van der Waals surface area (Å²) in [6.45, 7) is 7.32. The minimum Gasteiger partial charge on any atom is -0.302 e. The molecule has 12 heavy (non-hydrogen) atoms. The molecule has 0 N–H and O–H groups in total. The van der Waals surface area contributed by atoms with E-state index in [4.69, 9.17) is 0 Å². The summed E-state index contributed by atoms with van der Waals surface area (Å²) in [7, 11) is 0. The molecule has 1 fully saturated rings. The van der Waals surface area contributed by atoms with E-state index in [1.807, 2.05) is 6.08 Å². The summed E-state index contributed by atoms with van der Waals surface area (Å²) in [5.41, 5.74) is 0.786. The average molecular weight is 162 g/mol. The lowest BCUT2D eigenvalue weighted by Gasteiger charge is -2.37. The fraction of sp³-hybridized carbons (Fsp3) is 0.364. The van der Waals surface area contributed by atoms with Crippen molar-refractivity contribution in [3.63, 3.8) is 0 Å². The molecule has 1 aliphatic carbocycles. The lowest BCUT2D eigenvalue weighted by Crippen LogP contribution is -2.32. The Balaban J connectivity index is 2.89. The third-order valence-corrected chi connectivity index (χ3v) is 2.56. The van der Waals surface area contributed by atoms with Gasteiger partial charge < -0.3 is 4.79 Å². The zero-order valence-corrected chi connectivity index (χ0v) is 7.25. The maximum absolute atomic E-state index is 10.9. The van der Waals surface area contributed by atoms with E-state index in [0.29, 0.717) is 0 Å². The van der Waals surface area contributed by atoms with Crippen molar-refractivity contribution in [3.05, 3.63) is 37.0 Å². The number of carbonyl (C=O) groups is 1. The van der Waals surface area contributed by atoms with Crippen molar-refractivity contribution >= 4 is 6.29 Å². The first-order valence-electron chi connectivity index (χ1n) is 4.21. The molecule has 1 aliphatic rings. The molecule has 0 aliphatic heterocycles. The summed E-state index contributed by atoms with van der Waals surface area (Å²) < 4.78 is 0. The summed E-state index contributed by atoms with van der Waals surface area (Å²) in [4.78, 5) is 10.9. The van der Waals surface area contributed by atoms with Gasteiger partial charge in [-0.3, -0.25) is 0 Å². The van der Waals surface area contributed by atoms with Crippen LogP contribution >= 0.6 is 0 Å². The molecule has 0 heterocycles. The van der Waals surface area contributed by atoms with Gasteiger partial charge in [-0.05, 0) is 18.4 Å². The molecule has 0 amide bonds. The Morgan fingerprint density at radius 2 is 2.00 bits per heavy atom. The van der Waals surface area contributed by atoms with Gasteiger partial charge in [0.25, 0.3) is 0 Å². The highest BCUT2D eigenvalue weighted by molar-refractivity contribution is 5.68. The van der Waals surface area contributed by atoms with Gasteiger partial charge >= 0.3 is 0 Å². The fourth-order valence-corrected chi connectivity index (χ4v) is 1.60. The monoisotopic (exact) mass is 162 g/mol. The molecule has 64 valence electrons. The first-order valence-corrected chi connectivity index (χ1v) is 4.21. The van der Waals surface area contributed by atoms with Crippen LogP contribution < -0.4 is 0 Å². The second-order valence-corrected chi connectivity index (χ2v) is 3.19. The number of allylic oxidation sites excluding steroid dienone is 4. The molecule has 1 nitrogen and oxygen atoms in total. The van der Waals surface area contributed by atoms with Crippen molar-refractivity contribution in [2.45, 2.75) is 19.3 Å². The summed E-state index contributed by atoms with van der Waals surface area (Å²) in [5.74, 6) is 0. The van der Waals surface area contributed by atoms with Gasteiger partial charge in [0.15, 0.2) is 0 Å². The second kappa shape index (κ2) is 3.53. The molecule has 0 aromatic heterocycles. The van der Waals surface area contributed by atoms with Gasteiger partial charge in [0.2, 0.25) is 0 Å². The number of aldehydes is 1. The maximum atomic E-state index is 10.9. The SMILES string of the molecule is C=C/C=C(\C=C)C1(C=O)CCC1. The highest BCUT2D eigenvalue weighted by atomic mass is 16.1. The molecule has 0 spiro atoms. The van der Waals surface area contributed by atoms with E-state index in [2.05, 4.69) is 13.2 Å². The number of carbonyl (C=O) groups excluding carboxylic acids is 1. The Morgan fingerprint density at radius 1 is 1.33 bits per heavy atom. The molecule has 0 aromatic carbocycles. The second-order valence-electron chi connectivity index (χ2n) is 3.19. The molecular formula is C11H14O. The van der Waals surface area contributed by atoms with Gasteiger partial charge in [-0.25, -0.2) is 0 Å². The van der Waals surface area contributed by atoms with Crippen LogP contribution in [0.15, 0.2) is 37.0 Å². The maximum Gasteiger partial charge on any atom is 0.130 e. The van der Waals surface area contributed by atoms with Crippen LogP contribution in [0.4, 0.5) is 0 Å². The van der Waals surface area contributed by atoms with Crippen molar-refractivity contribution < 1.29 is 4.79 Å². The van der Waals surface area contributed by atoms with E-state index in [-0.39, 0.29) is 5.41 Å². The van der Waals surface area contributed by atoms with Gasteiger partial charge in [0.05, 0.1) is 5.41 Å². The van der Waals surface area contributed by atoms with Crippen LogP contribution in [0.3, 0.4) is 0 Å². The topological polar surface area (TPSA) is 17.1 Å². The van der Waals surface area contributed by atoms with E-state index in [0.717, 1.165) is 31.1 Å². The minimum absolute atomic E-state index is 0.226. The predicted molar refractivity (Wildman–Crippen MR) is 50.8 cm³/mol. The Bertz CT molecular complexity index is 231. The standard InChI is InChI=1S/C11H14O/c1-3-6-10(4-2)11(9-12)7-5-8-11/h3-4,6,9H,1-2,5,7-8H2/b10-6+. The van der Waals surface area contributed by atoms with E-state index < -0.39 is 0 Å². The number of hydrogen-bond acceptors (Lipinski definition) is 1. The van der Waals surface area contributed by atoms with Crippen molar-refractivity contribution in [1.29, 1.82) is 0 Å². The van der Waals surface area contributed by atoms with Crippen LogP contribution in [0.2, 0.25) is 0 Å². The summed E-state index contributed by atoms with van der Waals surface area (Å²) in [6.07, 6.45) is 9.45. The third kappa shape index (κ3) is 1.27. The van der Waals surface area contributed by atoms with Crippen LogP contribution in [0.5, 0.6) is 0 Å². The molecule has 0 saturated heterocycles. The van der Waals surface area contributed by atoms with Gasteiger partial charge in [0, 0.05) is 0 Å². The molecule has 0 aromatic rings. The summed E-state index contributed by atoms with van der Waals surface area (Å²) in [6, 6.07) is 0. The average Bonchev–Trinajstić information content (AvgIpc) is 2.02. The van der Waals surface area contributed by atoms with Gasteiger partial charge in [-0.1, -0.05) is 37.8 Å². The lowest BCUT2D eigenvalue weighted by atomic mass is 9.65. The van der Waals surface area contributed by atoms with Crippen molar-refractivity contribution in [3.8, 4) is 0 Å². The van der Waals surface area contributed by atoms with Crippen LogP contribution in [0, 0.1) is 5.41 Å². The third-order valence-electron chi connectivity index (χ3n) is 2.56. The summed E-state index contributed by atoms with van der Waals surface area (Å²) >= 11 is 0. The van der Waals surface area contributed by atoms with Crippen molar-refractivity contribution in [2.75, 3.05) is 0 Å². The Labute approximate surface area is 73.5 Å². The Morgan fingerprint density at radius 3 is 2.25 bits per heavy atom. The quantitative estimate of drug-likeness (QED) is 0.459.